The summed E-state index contributed by atoms with van der Waals surface area (Å²) in [6.45, 7) is 1.13. The monoisotopic (exact) mass is 274 g/mol. The van der Waals surface area contributed by atoms with Crippen LogP contribution < -0.4 is 10.6 Å². The van der Waals surface area contributed by atoms with Crippen LogP contribution in [0.1, 0.15) is 64.2 Å². The molecule has 2 N–H and O–H groups in total. The molecule has 0 bridgehead atoms. The fraction of sp³-hybridized carbons (Fsp3) is 0.929. The molecule has 2 aliphatic rings. The van der Waals surface area contributed by atoms with Gasteiger partial charge in [-0.3, -0.25) is 4.79 Å². The maximum absolute atomic E-state index is 11.8. The Kier molecular flexibility index (Phi) is 7.68. The first-order valence-corrected chi connectivity index (χ1v) is 7.37. The van der Waals surface area contributed by atoms with E-state index in [9.17, 15) is 4.79 Å². The Hall–Kier alpha value is -0.280. The highest BCUT2D eigenvalue weighted by Crippen LogP contribution is 2.17. The summed E-state index contributed by atoms with van der Waals surface area (Å²) in [6.07, 6.45) is 11.9. The highest BCUT2D eigenvalue weighted by molar-refractivity contribution is 5.85. The van der Waals surface area contributed by atoms with Crippen molar-refractivity contribution in [2.45, 2.75) is 76.3 Å². The molecule has 1 heterocycles. The molecular formula is C14H27ClN2O. The third-order valence-corrected chi connectivity index (χ3v) is 4.10. The lowest BCUT2D eigenvalue weighted by Gasteiger charge is -2.17. The summed E-state index contributed by atoms with van der Waals surface area (Å²) >= 11 is 0. The van der Waals surface area contributed by atoms with Crippen LogP contribution in [-0.2, 0) is 4.79 Å². The maximum atomic E-state index is 11.8. The maximum Gasteiger partial charge on any atom is 0.220 e. The largest absolute Gasteiger partial charge is 0.353 e. The third kappa shape index (κ3) is 5.57. The van der Waals surface area contributed by atoms with E-state index in [1.165, 1.54) is 51.4 Å². The summed E-state index contributed by atoms with van der Waals surface area (Å²) in [5.41, 5.74) is 0. The topological polar surface area (TPSA) is 41.1 Å². The molecule has 1 amide bonds. The Morgan fingerprint density at radius 1 is 1.06 bits per heavy atom. The molecule has 1 aliphatic carbocycles. The van der Waals surface area contributed by atoms with E-state index in [0.717, 1.165) is 13.0 Å². The van der Waals surface area contributed by atoms with E-state index >= 15 is 0 Å². The van der Waals surface area contributed by atoms with Crippen molar-refractivity contribution in [3.8, 4) is 0 Å². The van der Waals surface area contributed by atoms with Gasteiger partial charge in [0.1, 0.15) is 0 Å². The first kappa shape index (κ1) is 15.8. The molecule has 0 aromatic rings. The van der Waals surface area contributed by atoms with Gasteiger partial charge in [-0.05, 0) is 38.6 Å². The molecular weight excluding hydrogens is 248 g/mol. The van der Waals surface area contributed by atoms with E-state index in [1.54, 1.807) is 0 Å². The molecule has 1 aliphatic heterocycles. The smallest absolute Gasteiger partial charge is 0.220 e. The molecule has 0 radical (unpaired) electrons. The second kappa shape index (κ2) is 8.76. The normalized spacial score (nSPS) is 25.2. The van der Waals surface area contributed by atoms with Crippen molar-refractivity contribution in [2.75, 3.05) is 6.54 Å². The van der Waals surface area contributed by atoms with E-state index < -0.39 is 0 Å². The van der Waals surface area contributed by atoms with E-state index in [2.05, 4.69) is 10.6 Å². The molecule has 2 fully saturated rings. The van der Waals surface area contributed by atoms with Crippen molar-refractivity contribution >= 4 is 18.3 Å². The van der Waals surface area contributed by atoms with Gasteiger partial charge in [-0.2, -0.15) is 0 Å². The van der Waals surface area contributed by atoms with Gasteiger partial charge in [0.15, 0.2) is 0 Å². The number of hydrogen-bond donors (Lipinski definition) is 2. The van der Waals surface area contributed by atoms with Crippen LogP contribution in [-0.4, -0.2) is 24.5 Å². The zero-order valence-electron chi connectivity index (χ0n) is 11.2. The SMILES string of the molecule is Cl.O=C(CCC1CCCN1)NC1CCCCCC1. The summed E-state index contributed by atoms with van der Waals surface area (Å²) in [7, 11) is 0. The lowest BCUT2D eigenvalue weighted by atomic mass is 10.1. The van der Waals surface area contributed by atoms with Crippen LogP contribution in [0.25, 0.3) is 0 Å². The third-order valence-electron chi connectivity index (χ3n) is 4.10. The molecule has 1 saturated heterocycles. The minimum Gasteiger partial charge on any atom is -0.353 e. The van der Waals surface area contributed by atoms with E-state index in [0.29, 0.717) is 18.5 Å². The van der Waals surface area contributed by atoms with Crippen LogP contribution in [0, 0.1) is 0 Å². The number of hydrogen-bond acceptors (Lipinski definition) is 2. The van der Waals surface area contributed by atoms with Crippen molar-refractivity contribution in [3.63, 3.8) is 0 Å². The number of amides is 1. The van der Waals surface area contributed by atoms with Gasteiger partial charge in [0.25, 0.3) is 0 Å². The minimum atomic E-state index is 0. The van der Waals surface area contributed by atoms with Crippen LogP contribution >= 0.6 is 12.4 Å². The fourth-order valence-corrected chi connectivity index (χ4v) is 3.03. The fourth-order valence-electron chi connectivity index (χ4n) is 3.03. The van der Waals surface area contributed by atoms with Gasteiger partial charge in [-0.25, -0.2) is 0 Å². The second-order valence-corrected chi connectivity index (χ2v) is 5.59. The van der Waals surface area contributed by atoms with Crippen molar-refractivity contribution in [1.82, 2.24) is 10.6 Å². The minimum absolute atomic E-state index is 0. The van der Waals surface area contributed by atoms with Gasteiger partial charge in [0.05, 0.1) is 0 Å². The molecule has 1 saturated carbocycles. The van der Waals surface area contributed by atoms with Gasteiger partial charge < -0.3 is 10.6 Å². The molecule has 1 unspecified atom stereocenters. The Bertz CT molecular complexity index is 234. The molecule has 4 heteroatoms. The zero-order valence-corrected chi connectivity index (χ0v) is 12.1. The summed E-state index contributed by atoms with van der Waals surface area (Å²) in [5.74, 6) is 0.269. The van der Waals surface area contributed by atoms with Gasteiger partial charge in [-0.15, -0.1) is 12.4 Å². The standard InChI is InChI=1S/C14H26N2O.ClH/c17-14(10-9-12-8-5-11-15-12)16-13-6-3-1-2-4-7-13;/h12-13,15H,1-11H2,(H,16,17);1H. The van der Waals surface area contributed by atoms with Gasteiger partial charge >= 0.3 is 0 Å². The molecule has 3 nitrogen and oxygen atoms in total. The van der Waals surface area contributed by atoms with E-state index in [-0.39, 0.29) is 18.3 Å². The molecule has 1 atom stereocenters. The molecule has 0 aromatic heterocycles. The average molecular weight is 275 g/mol. The molecule has 0 aromatic carbocycles. The van der Waals surface area contributed by atoms with Crippen LogP contribution in [0.4, 0.5) is 0 Å². The number of carbonyl (C=O) groups is 1. The molecule has 18 heavy (non-hydrogen) atoms. The molecule has 2 rings (SSSR count). The van der Waals surface area contributed by atoms with Gasteiger partial charge in [-0.1, -0.05) is 25.7 Å². The number of halogens is 1. The Morgan fingerprint density at radius 2 is 1.78 bits per heavy atom. The summed E-state index contributed by atoms with van der Waals surface area (Å²) < 4.78 is 0. The second-order valence-electron chi connectivity index (χ2n) is 5.59. The lowest BCUT2D eigenvalue weighted by Crippen LogP contribution is -2.35. The number of rotatable bonds is 4. The quantitative estimate of drug-likeness (QED) is 0.774. The number of carbonyl (C=O) groups excluding carboxylic acids is 1. The Morgan fingerprint density at radius 3 is 2.39 bits per heavy atom. The Balaban J connectivity index is 0.00000162. The average Bonchev–Trinajstić information content (AvgIpc) is 2.72. The van der Waals surface area contributed by atoms with E-state index in [4.69, 9.17) is 0 Å². The zero-order chi connectivity index (χ0) is 11.9. The highest BCUT2D eigenvalue weighted by Gasteiger charge is 2.17. The Labute approximate surface area is 117 Å². The van der Waals surface area contributed by atoms with Crippen molar-refractivity contribution < 1.29 is 4.79 Å². The molecule has 0 spiro atoms. The first-order valence-electron chi connectivity index (χ1n) is 7.37. The van der Waals surface area contributed by atoms with Crippen molar-refractivity contribution in [1.29, 1.82) is 0 Å². The van der Waals surface area contributed by atoms with Crippen LogP contribution in [0.3, 0.4) is 0 Å². The van der Waals surface area contributed by atoms with E-state index in [1.807, 2.05) is 0 Å². The summed E-state index contributed by atoms with van der Waals surface area (Å²) in [6, 6.07) is 1.05. The summed E-state index contributed by atoms with van der Waals surface area (Å²) in [5, 5.41) is 6.66. The predicted octanol–water partition coefficient (Wildman–Crippen LogP) is 2.78. The number of nitrogens with one attached hydrogen (secondary N) is 2. The lowest BCUT2D eigenvalue weighted by molar-refractivity contribution is -0.122. The van der Waals surface area contributed by atoms with Crippen LogP contribution in [0.5, 0.6) is 0 Å². The van der Waals surface area contributed by atoms with Crippen molar-refractivity contribution in [2.24, 2.45) is 0 Å². The predicted molar refractivity (Wildman–Crippen MR) is 77.1 cm³/mol. The first-order chi connectivity index (χ1) is 8.34. The van der Waals surface area contributed by atoms with Crippen LogP contribution in [0.15, 0.2) is 0 Å². The highest BCUT2D eigenvalue weighted by atomic mass is 35.5. The molecule has 106 valence electrons. The van der Waals surface area contributed by atoms with Crippen molar-refractivity contribution in [3.05, 3.63) is 0 Å². The summed E-state index contributed by atoms with van der Waals surface area (Å²) in [4.78, 5) is 11.8. The van der Waals surface area contributed by atoms with Gasteiger partial charge in [0, 0.05) is 18.5 Å². The van der Waals surface area contributed by atoms with Crippen LogP contribution in [0.2, 0.25) is 0 Å². The van der Waals surface area contributed by atoms with Gasteiger partial charge in [0.2, 0.25) is 5.91 Å².